The predicted molar refractivity (Wildman–Crippen MR) is 72.4 cm³/mol. The van der Waals surface area contributed by atoms with Crippen molar-refractivity contribution in [3.63, 3.8) is 0 Å². The van der Waals surface area contributed by atoms with Crippen molar-refractivity contribution >= 4 is 0 Å². The molecule has 1 fully saturated rings. The van der Waals surface area contributed by atoms with Crippen LogP contribution in [0.5, 0.6) is 0 Å². The molecule has 0 aromatic rings. The molecule has 1 heteroatoms. The van der Waals surface area contributed by atoms with E-state index in [1.54, 1.807) is 0 Å². The van der Waals surface area contributed by atoms with E-state index in [4.69, 9.17) is 0 Å². The molecule has 0 N–H and O–H groups in total. The van der Waals surface area contributed by atoms with Crippen LogP contribution in [0.1, 0.15) is 59.8 Å². The second-order valence-electron chi connectivity index (χ2n) is 6.35. The molecule has 0 radical (unpaired) electrons. The lowest BCUT2D eigenvalue weighted by Gasteiger charge is -2.40. The van der Waals surface area contributed by atoms with Gasteiger partial charge in [-0.2, -0.15) is 0 Å². The van der Waals surface area contributed by atoms with Crippen molar-refractivity contribution in [2.24, 2.45) is 11.8 Å². The zero-order chi connectivity index (χ0) is 12.3. The highest BCUT2D eigenvalue weighted by molar-refractivity contribution is 5.04. The van der Waals surface area contributed by atoms with Gasteiger partial charge in [0.05, 0.1) is 0 Å². The Balaban J connectivity index is 2.51. The molecule has 1 nitrogen and oxygen atoms in total. The van der Waals surface area contributed by atoms with Crippen molar-refractivity contribution in [1.82, 2.24) is 4.90 Å². The molecule has 0 aromatic carbocycles. The van der Waals surface area contributed by atoms with Crippen LogP contribution in [0.2, 0.25) is 0 Å². The predicted octanol–water partition coefficient (Wildman–Crippen LogP) is 4.45. The Hall–Kier alpha value is -0.460. The summed E-state index contributed by atoms with van der Waals surface area (Å²) in [4.78, 5) is 2.37. The van der Waals surface area contributed by atoms with Crippen LogP contribution in [0.3, 0.4) is 0 Å². The van der Waals surface area contributed by atoms with Crippen LogP contribution >= 0.6 is 0 Å². The number of rotatable bonds is 3. The van der Waals surface area contributed by atoms with E-state index in [2.05, 4.69) is 46.2 Å². The average Bonchev–Trinajstić information content (AvgIpc) is 2.26. The number of hydrogen-bond donors (Lipinski definition) is 0. The number of nitrogens with zero attached hydrogens (tertiary/aromatic N) is 1. The lowest BCUT2D eigenvalue weighted by atomic mass is 9.79. The lowest BCUT2D eigenvalue weighted by molar-refractivity contribution is 0.178. The van der Waals surface area contributed by atoms with Gasteiger partial charge in [0.2, 0.25) is 0 Å². The van der Waals surface area contributed by atoms with E-state index in [9.17, 15) is 0 Å². The van der Waals surface area contributed by atoms with Gasteiger partial charge in [0.15, 0.2) is 0 Å². The summed E-state index contributed by atoms with van der Waals surface area (Å²) in [6, 6.07) is 0. The van der Waals surface area contributed by atoms with E-state index in [0.29, 0.717) is 0 Å². The Morgan fingerprint density at radius 1 is 1.19 bits per heavy atom. The van der Waals surface area contributed by atoms with Gasteiger partial charge in [0.25, 0.3) is 0 Å². The molecule has 0 aromatic heterocycles. The summed E-state index contributed by atoms with van der Waals surface area (Å²) in [5, 5.41) is 0. The van der Waals surface area contributed by atoms with Crippen LogP contribution in [-0.4, -0.2) is 17.5 Å². The van der Waals surface area contributed by atoms with Crippen LogP contribution in [0, 0.1) is 11.8 Å². The fourth-order valence-corrected chi connectivity index (χ4v) is 2.61. The molecule has 1 aliphatic rings. The highest BCUT2D eigenvalue weighted by Crippen LogP contribution is 2.36. The van der Waals surface area contributed by atoms with E-state index in [1.165, 1.54) is 37.8 Å². The molecule has 94 valence electrons. The van der Waals surface area contributed by atoms with Crippen LogP contribution in [0.4, 0.5) is 0 Å². The molecule has 0 amide bonds. The number of allylic oxidation sites excluding steroid dienone is 1. The largest absolute Gasteiger partial charge is 0.373 e. The number of hydrogen-bond acceptors (Lipinski definition) is 1. The van der Waals surface area contributed by atoms with E-state index in [0.717, 1.165) is 11.8 Å². The highest BCUT2D eigenvalue weighted by atomic mass is 15.2. The average molecular weight is 223 g/mol. The summed E-state index contributed by atoms with van der Waals surface area (Å²) in [5.74, 6) is 1.70. The van der Waals surface area contributed by atoms with E-state index in [1.807, 2.05) is 0 Å². The van der Waals surface area contributed by atoms with Gasteiger partial charge in [-0.1, -0.05) is 19.9 Å². The molecule has 0 saturated heterocycles. The first-order valence-electron chi connectivity index (χ1n) is 6.79. The van der Waals surface area contributed by atoms with Gasteiger partial charge in [-0.25, -0.2) is 0 Å². The maximum absolute atomic E-state index is 4.32. The van der Waals surface area contributed by atoms with Crippen molar-refractivity contribution < 1.29 is 0 Å². The SMILES string of the molecule is C=C(C1CCC(CC)CC1)N(C)C(C)(C)C. The van der Waals surface area contributed by atoms with Crippen molar-refractivity contribution in [2.75, 3.05) is 7.05 Å². The molecule has 0 atom stereocenters. The third-order valence-corrected chi connectivity index (χ3v) is 4.33. The molecule has 0 aliphatic heterocycles. The van der Waals surface area contributed by atoms with Gasteiger partial charge in [0, 0.05) is 18.3 Å². The molecular weight excluding hydrogens is 194 g/mol. The first kappa shape index (κ1) is 13.6. The Labute approximate surface area is 102 Å². The lowest BCUT2D eigenvalue weighted by Crippen LogP contribution is -2.39. The van der Waals surface area contributed by atoms with Crippen LogP contribution in [0.25, 0.3) is 0 Å². The molecule has 1 aliphatic carbocycles. The summed E-state index contributed by atoms with van der Waals surface area (Å²) in [6.07, 6.45) is 6.85. The molecule has 16 heavy (non-hydrogen) atoms. The first-order valence-corrected chi connectivity index (χ1v) is 6.79. The molecule has 0 bridgehead atoms. The van der Waals surface area contributed by atoms with Crippen molar-refractivity contribution in [3.05, 3.63) is 12.3 Å². The summed E-state index contributed by atoms with van der Waals surface area (Å²) in [7, 11) is 2.19. The normalized spacial score (nSPS) is 26.6. The topological polar surface area (TPSA) is 3.24 Å². The van der Waals surface area contributed by atoms with Crippen LogP contribution < -0.4 is 0 Å². The summed E-state index contributed by atoms with van der Waals surface area (Å²) in [5.41, 5.74) is 1.56. The maximum Gasteiger partial charge on any atom is 0.0311 e. The third-order valence-electron chi connectivity index (χ3n) is 4.33. The summed E-state index contributed by atoms with van der Waals surface area (Å²) in [6.45, 7) is 13.4. The minimum absolute atomic E-state index is 0.207. The fraction of sp³-hybridized carbons (Fsp3) is 0.867. The molecule has 0 heterocycles. The van der Waals surface area contributed by atoms with Gasteiger partial charge in [-0.15, -0.1) is 0 Å². The Bertz CT molecular complexity index is 228. The first-order chi connectivity index (χ1) is 7.36. The second kappa shape index (κ2) is 5.25. The smallest absolute Gasteiger partial charge is 0.0311 e. The molecule has 0 spiro atoms. The minimum atomic E-state index is 0.207. The Kier molecular flexibility index (Phi) is 4.46. The van der Waals surface area contributed by atoms with Crippen molar-refractivity contribution in [2.45, 2.75) is 65.3 Å². The molecule has 1 saturated carbocycles. The van der Waals surface area contributed by atoms with Gasteiger partial charge >= 0.3 is 0 Å². The fourth-order valence-electron chi connectivity index (χ4n) is 2.61. The Morgan fingerprint density at radius 2 is 1.69 bits per heavy atom. The molecular formula is C15H29N. The van der Waals surface area contributed by atoms with Gasteiger partial charge in [0.1, 0.15) is 0 Å². The van der Waals surface area contributed by atoms with E-state index >= 15 is 0 Å². The van der Waals surface area contributed by atoms with Gasteiger partial charge in [-0.05, 0) is 58.3 Å². The highest BCUT2D eigenvalue weighted by Gasteiger charge is 2.27. The Morgan fingerprint density at radius 3 is 2.06 bits per heavy atom. The molecule has 1 rings (SSSR count). The van der Waals surface area contributed by atoms with Crippen LogP contribution in [0.15, 0.2) is 12.3 Å². The van der Waals surface area contributed by atoms with E-state index < -0.39 is 0 Å². The van der Waals surface area contributed by atoms with Crippen LogP contribution in [-0.2, 0) is 0 Å². The van der Waals surface area contributed by atoms with E-state index in [-0.39, 0.29) is 5.54 Å². The quantitative estimate of drug-likeness (QED) is 0.683. The van der Waals surface area contributed by atoms with Crippen molar-refractivity contribution in [1.29, 1.82) is 0 Å². The monoisotopic (exact) mass is 223 g/mol. The van der Waals surface area contributed by atoms with Gasteiger partial charge < -0.3 is 4.90 Å². The third kappa shape index (κ3) is 3.26. The maximum atomic E-state index is 4.32. The minimum Gasteiger partial charge on any atom is -0.373 e. The summed E-state index contributed by atoms with van der Waals surface area (Å²) >= 11 is 0. The second-order valence-corrected chi connectivity index (χ2v) is 6.35. The summed E-state index contributed by atoms with van der Waals surface area (Å²) < 4.78 is 0. The van der Waals surface area contributed by atoms with Gasteiger partial charge in [-0.3, -0.25) is 0 Å². The zero-order valence-corrected chi connectivity index (χ0v) is 11.8. The zero-order valence-electron chi connectivity index (χ0n) is 11.8. The standard InChI is InChI=1S/C15H29N/c1-7-13-8-10-14(11-9-13)12(2)16(6)15(3,4)5/h13-14H,2,7-11H2,1,3-6H3. The molecule has 0 unspecified atom stereocenters. The van der Waals surface area contributed by atoms with Crippen molar-refractivity contribution in [3.8, 4) is 0 Å².